The SMILES string of the molecule is CCC(C)N(C)CCNC1CCCCCCCCCCC1. The Bertz CT molecular complexity index is 218. The van der Waals surface area contributed by atoms with Crippen molar-refractivity contribution in [1.82, 2.24) is 10.2 Å². The number of hydrogen-bond acceptors (Lipinski definition) is 2. The van der Waals surface area contributed by atoms with E-state index in [1.54, 1.807) is 0 Å². The molecule has 0 aromatic carbocycles. The summed E-state index contributed by atoms with van der Waals surface area (Å²) in [6, 6.07) is 1.48. The van der Waals surface area contributed by atoms with Gasteiger partial charge in [0.2, 0.25) is 0 Å². The predicted molar refractivity (Wildman–Crippen MR) is 95.0 cm³/mol. The highest BCUT2D eigenvalue weighted by Gasteiger charge is 2.10. The van der Waals surface area contributed by atoms with Gasteiger partial charge < -0.3 is 10.2 Å². The highest BCUT2D eigenvalue weighted by molar-refractivity contribution is 4.70. The van der Waals surface area contributed by atoms with Crippen LogP contribution in [0, 0.1) is 0 Å². The van der Waals surface area contributed by atoms with Crippen LogP contribution in [0.2, 0.25) is 0 Å². The topological polar surface area (TPSA) is 15.3 Å². The van der Waals surface area contributed by atoms with Crippen molar-refractivity contribution in [2.75, 3.05) is 20.1 Å². The smallest absolute Gasteiger partial charge is 0.0107 e. The summed E-state index contributed by atoms with van der Waals surface area (Å²) in [5, 5.41) is 3.84. The van der Waals surface area contributed by atoms with Gasteiger partial charge in [-0.3, -0.25) is 0 Å². The van der Waals surface area contributed by atoms with Crippen LogP contribution in [0.4, 0.5) is 0 Å². The molecule has 1 aliphatic carbocycles. The first kappa shape index (κ1) is 19.0. The molecule has 0 radical (unpaired) electrons. The summed E-state index contributed by atoms with van der Waals surface area (Å²) in [5.74, 6) is 0. The Morgan fingerprint density at radius 1 is 0.905 bits per heavy atom. The molecule has 1 rings (SSSR count). The second-order valence-electron chi connectivity index (χ2n) is 7.15. The van der Waals surface area contributed by atoms with E-state index in [9.17, 15) is 0 Å². The van der Waals surface area contributed by atoms with Gasteiger partial charge in [-0.15, -0.1) is 0 Å². The summed E-state index contributed by atoms with van der Waals surface area (Å²) in [6.07, 6.45) is 17.1. The second kappa shape index (κ2) is 12.5. The zero-order valence-electron chi connectivity index (χ0n) is 15.0. The lowest BCUT2D eigenvalue weighted by Crippen LogP contribution is -2.38. The molecule has 2 nitrogen and oxygen atoms in total. The molecule has 0 heterocycles. The van der Waals surface area contributed by atoms with Crippen LogP contribution >= 0.6 is 0 Å². The lowest BCUT2D eigenvalue weighted by atomic mass is 9.98. The fourth-order valence-corrected chi connectivity index (χ4v) is 3.34. The Balaban J connectivity index is 2.21. The van der Waals surface area contributed by atoms with E-state index in [0.717, 1.165) is 12.6 Å². The Kier molecular flexibility index (Phi) is 11.3. The molecule has 0 aliphatic heterocycles. The van der Waals surface area contributed by atoms with Crippen molar-refractivity contribution in [2.45, 2.75) is 103 Å². The lowest BCUT2D eigenvalue weighted by Gasteiger charge is -2.25. The van der Waals surface area contributed by atoms with Gasteiger partial charge >= 0.3 is 0 Å². The minimum absolute atomic E-state index is 0.711. The van der Waals surface area contributed by atoms with E-state index < -0.39 is 0 Å². The molecule has 0 saturated heterocycles. The fourth-order valence-electron chi connectivity index (χ4n) is 3.34. The quantitative estimate of drug-likeness (QED) is 0.743. The third-order valence-electron chi connectivity index (χ3n) is 5.35. The van der Waals surface area contributed by atoms with Crippen molar-refractivity contribution in [3.05, 3.63) is 0 Å². The normalized spacial score (nSPS) is 21.7. The third-order valence-corrected chi connectivity index (χ3v) is 5.35. The molecule has 1 saturated carbocycles. The summed E-state index contributed by atoms with van der Waals surface area (Å²) in [7, 11) is 2.26. The van der Waals surface area contributed by atoms with Gasteiger partial charge in [0.05, 0.1) is 0 Å². The minimum Gasteiger partial charge on any atom is -0.313 e. The number of nitrogens with one attached hydrogen (secondary N) is 1. The van der Waals surface area contributed by atoms with E-state index >= 15 is 0 Å². The molecule has 21 heavy (non-hydrogen) atoms. The van der Waals surface area contributed by atoms with Crippen LogP contribution in [0.1, 0.15) is 90.9 Å². The molecule has 0 bridgehead atoms. The zero-order chi connectivity index (χ0) is 15.3. The molecule has 126 valence electrons. The summed E-state index contributed by atoms with van der Waals surface area (Å²) in [4.78, 5) is 2.49. The molecular weight excluding hydrogens is 256 g/mol. The average Bonchev–Trinajstić information content (AvgIpc) is 2.48. The van der Waals surface area contributed by atoms with Gasteiger partial charge in [-0.25, -0.2) is 0 Å². The van der Waals surface area contributed by atoms with Crippen molar-refractivity contribution in [1.29, 1.82) is 0 Å². The number of rotatable bonds is 6. The predicted octanol–water partition coefficient (Wildman–Crippen LogP) is 4.98. The molecule has 0 aromatic heterocycles. The Labute approximate surface area is 134 Å². The summed E-state index contributed by atoms with van der Waals surface area (Å²) in [6.45, 7) is 6.95. The molecule has 1 aliphatic rings. The van der Waals surface area contributed by atoms with E-state index in [0.29, 0.717) is 6.04 Å². The molecule has 0 aromatic rings. The molecule has 0 amide bonds. The summed E-state index contributed by atoms with van der Waals surface area (Å²) in [5.41, 5.74) is 0. The Hall–Kier alpha value is -0.0800. The average molecular weight is 297 g/mol. The fraction of sp³-hybridized carbons (Fsp3) is 1.00. The maximum atomic E-state index is 3.84. The van der Waals surface area contributed by atoms with Gasteiger partial charge in [0.15, 0.2) is 0 Å². The van der Waals surface area contributed by atoms with Crippen LogP contribution in [0.15, 0.2) is 0 Å². The molecular formula is C19H40N2. The van der Waals surface area contributed by atoms with E-state index in [-0.39, 0.29) is 0 Å². The van der Waals surface area contributed by atoms with Gasteiger partial charge in [0, 0.05) is 25.2 Å². The highest BCUT2D eigenvalue weighted by atomic mass is 15.1. The Morgan fingerprint density at radius 3 is 1.86 bits per heavy atom. The molecule has 1 fully saturated rings. The van der Waals surface area contributed by atoms with Crippen molar-refractivity contribution in [2.24, 2.45) is 0 Å². The Morgan fingerprint density at radius 2 is 1.38 bits per heavy atom. The van der Waals surface area contributed by atoms with Crippen LogP contribution in [0.25, 0.3) is 0 Å². The first-order valence-corrected chi connectivity index (χ1v) is 9.67. The van der Waals surface area contributed by atoms with Crippen LogP contribution in [-0.4, -0.2) is 37.1 Å². The maximum absolute atomic E-state index is 3.84. The number of likely N-dealkylation sites (N-methyl/N-ethyl adjacent to an activating group) is 1. The van der Waals surface area contributed by atoms with Gasteiger partial charge in [0.1, 0.15) is 0 Å². The van der Waals surface area contributed by atoms with E-state index in [1.165, 1.54) is 83.6 Å². The number of hydrogen-bond donors (Lipinski definition) is 1. The van der Waals surface area contributed by atoms with Gasteiger partial charge in [-0.2, -0.15) is 0 Å². The van der Waals surface area contributed by atoms with Gasteiger partial charge in [-0.1, -0.05) is 64.7 Å². The van der Waals surface area contributed by atoms with Crippen LogP contribution in [-0.2, 0) is 0 Å². The summed E-state index contributed by atoms with van der Waals surface area (Å²) >= 11 is 0. The lowest BCUT2D eigenvalue weighted by molar-refractivity contribution is 0.245. The monoisotopic (exact) mass is 296 g/mol. The van der Waals surface area contributed by atoms with Crippen molar-refractivity contribution in [3.63, 3.8) is 0 Å². The minimum atomic E-state index is 0.711. The van der Waals surface area contributed by atoms with E-state index in [1.807, 2.05) is 0 Å². The molecule has 2 heteroatoms. The van der Waals surface area contributed by atoms with Gasteiger partial charge in [0.25, 0.3) is 0 Å². The first-order valence-electron chi connectivity index (χ1n) is 9.67. The standard InChI is InChI=1S/C19H40N2/c1-4-18(2)21(3)17-16-20-19-14-12-10-8-6-5-7-9-11-13-15-19/h18-20H,4-17H2,1-3H3. The van der Waals surface area contributed by atoms with Crippen molar-refractivity contribution < 1.29 is 0 Å². The van der Waals surface area contributed by atoms with Gasteiger partial charge in [-0.05, 0) is 33.2 Å². The van der Waals surface area contributed by atoms with Crippen LogP contribution < -0.4 is 5.32 Å². The maximum Gasteiger partial charge on any atom is 0.0107 e. The highest BCUT2D eigenvalue weighted by Crippen LogP contribution is 2.16. The summed E-state index contributed by atoms with van der Waals surface area (Å²) < 4.78 is 0. The second-order valence-corrected chi connectivity index (χ2v) is 7.15. The molecule has 1 unspecified atom stereocenters. The molecule has 0 spiro atoms. The van der Waals surface area contributed by atoms with Crippen LogP contribution in [0.3, 0.4) is 0 Å². The van der Waals surface area contributed by atoms with Crippen molar-refractivity contribution >= 4 is 0 Å². The van der Waals surface area contributed by atoms with Crippen molar-refractivity contribution in [3.8, 4) is 0 Å². The largest absolute Gasteiger partial charge is 0.313 e. The van der Waals surface area contributed by atoms with E-state index in [4.69, 9.17) is 0 Å². The first-order chi connectivity index (χ1) is 10.2. The molecule has 1 N–H and O–H groups in total. The van der Waals surface area contributed by atoms with E-state index in [2.05, 4.69) is 31.1 Å². The zero-order valence-corrected chi connectivity index (χ0v) is 15.0. The number of nitrogens with zero attached hydrogens (tertiary/aromatic N) is 1. The molecule has 1 atom stereocenters. The van der Waals surface area contributed by atoms with Crippen LogP contribution in [0.5, 0.6) is 0 Å². The third kappa shape index (κ3) is 9.52.